The van der Waals surface area contributed by atoms with Crippen LogP contribution in [0.1, 0.15) is 18.1 Å². The molecule has 1 rings (SSSR count). The summed E-state index contributed by atoms with van der Waals surface area (Å²) in [5.41, 5.74) is 5.94. The summed E-state index contributed by atoms with van der Waals surface area (Å²) < 4.78 is 1.51. The average Bonchev–Trinajstić information content (AvgIpc) is 2.34. The van der Waals surface area contributed by atoms with E-state index in [-0.39, 0.29) is 0 Å². The molecule has 1 aromatic rings. The molecular formula is C7H12ClN3O. The fraction of sp³-hybridized carbons (Fsp3) is 0.571. The zero-order valence-electron chi connectivity index (χ0n) is 6.87. The maximum Gasteiger partial charge on any atom is 0.132 e. The van der Waals surface area contributed by atoms with E-state index in [0.29, 0.717) is 23.7 Å². The topological polar surface area (TPSA) is 64.1 Å². The van der Waals surface area contributed by atoms with Gasteiger partial charge in [0.1, 0.15) is 5.15 Å². The molecular weight excluding hydrogens is 178 g/mol. The first-order valence-electron chi connectivity index (χ1n) is 3.72. The van der Waals surface area contributed by atoms with E-state index in [4.69, 9.17) is 17.3 Å². The Morgan fingerprint density at radius 2 is 2.50 bits per heavy atom. The van der Waals surface area contributed by atoms with Gasteiger partial charge in [-0.15, -0.1) is 0 Å². The van der Waals surface area contributed by atoms with Gasteiger partial charge in [-0.3, -0.25) is 4.68 Å². The Bertz CT molecular complexity index is 261. The van der Waals surface area contributed by atoms with E-state index in [1.165, 1.54) is 4.68 Å². The summed E-state index contributed by atoms with van der Waals surface area (Å²) in [6, 6.07) is 0. The monoisotopic (exact) mass is 189 g/mol. The molecule has 1 atom stereocenters. The molecule has 0 bridgehead atoms. The first-order valence-corrected chi connectivity index (χ1v) is 4.10. The smallest absolute Gasteiger partial charge is 0.132 e. The number of aromatic nitrogens is 2. The van der Waals surface area contributed by atoms with Gasteiger partial charge in [-0.1, -0.05) is 11.6 Å². The number of halogens is 1. The van der Waals surface area contributed by atoms with Gasteiger partial charge in [0.15, 0.2) is 0 Å². The van der Waals surface area contributed by atoms with Crippen LogP contribution < -0.4 is 5.73 Å². The van der Waals surface area contributed by atoms with Crippen LogP contribution in [0.15, 0.2) is 6.20 Å². The normalized spacial score (nSPS) is 13.3. The van der Waals surface area contributed by atoms with Gasteiger partial charge in [0.2, 0.25) is 0 Å². The number of rotatable bonds is 3. The van der Waals surface area contributed by atoms with Crippen LogP contribution in [0.3, 0.4) is 0 Å². The summed E-state index contributed by atoms with van der Waals surface area (Å²) in [5.74, 6) is 0. The number of aliphatic hydroxyl groups excluding tert-OH is 1. The van der Waals surface area contributed by atoms with Gasteiger partial charge in [-0.25, -0.2) is 0 Å². The summed E-state index contributed by atoms with van der Waals surface area (Å²) in [6.07, 6.45) is 1.46. The van der Waals surface area contributed by atoms with Crippen LogP contribution in [-0.4, -0.2) is 21.4 Å². The van der Waals surface area contributed by atoms with Gasteiger partial charge in [-0.2, -0.15) is 5.10 Å². The van der Waals surface area contributed by atoms with Crippen molar-refractivity contribution in [3.63, 3.8) is 0 Å². The highest BCUT2D eigenvalue weighted by Crippen LogP contribution is 2.23. The van der Waals surface area contributed by atoms with Crippen LogP contribution in [-0.2, 0) is 7.05 Å². The third-order valence-corrected chi connectivity index (χ3v) is 2.15. The number of nitrogens with two attached hydrogens (primary N) is 1. The van der Waals surface area contributed by atoms with E-state index < -0.39 is 6.10 Å². The summed E-state index contributed by atoms with van der Waals surface area (Å²) in [4.78, 5) is 0. The highest BCUT2D eigenvalue weighted by atomic mass is 35.5. The number of aryl methyl sites for hydroxylation is 1. The maximum absolute atomic E-state index is 9.50. The van der Waals surface area contributed by atoms with Crippen molar-refractivity contribution >= 4 is 11.6 Å². The van der Waals surface area contributed by atoms with Crippen molar-refractivity contribution in [1.82, 2.24) is 9.78 Å². The van der Waals surface area contributed by atoms with Crippen LogP contribution in [0, 0.1) is 0 Å². The Kier molecular flexibility index (Phi) is 3.08. The van der Waals surface area contributed by atoms with E-state index in [9.17, 15) is 5.11 Å². The van der Waals surface area contributed by atoms with Crippen molar-refractivity contribution in [2.75, 3.05) is 6.54 Å². The molecule has 3 N–H and O–H groups in total. The Hall–Kier alpha value is -0.580. The first kappa shape index (κ1) is 9.51. The third-order valence-electron chi connectivity index (χ3n) is 1.69. The predicted molar refractivity (Wildman–Crippen MR) is 46.8 cm³/mol. The van der Waals surface area contributed by atoms with Gasteiger partial charge < -0.3 is 10.8 Å². The van der Waals surface area contributed by atoms with Crippen LogP contribution in [0.5, 0.6) is 0 Å². The van der Waals surface area contributed by atoms with Crippen LogP contribution in [0.25, 0.3) is 0 Å². The first-order chi connectivity index (χ1) is 5.66. The van der Waals surface area contributed by atoms with E-state index >= 15 is 0 Å². The van der Waals surface area contributed by atoms with Crippen molar-refractivity contribution in [3.8, 4) is 0 Å². The lowest BCUT2D eigenvalue weighted by Gasteiger charge is -2.06. The van der Waals surface area contributed by atoms with Gasteiger partial charge in [0.05, 0.1) is 12.3 Å². The Morgan fingerprint density at radius 3 is 2.92 bits per heavy atom. The van der Waals surface area contributed by atoms with Crippen molar-refractivity contribution in [2.24, 2.45) is 12.8 Å². The van der Waals surface area contributed by atoms with Crippen molar-refractivity contribution in [3.05, 3.63) is 16.9 Å². The molecule has 0 aliphatic rings. The SMILES string of the molecule is Cn1ncc(C(O)CCN)c1Cl. The van der Waals surface area contributed by atoms with Gasteiger partial charge >= 0.3 is 0 Å². The van der Waals surface area contributed by atoms with E-state index in [0.717, 1.165) is 0 Å². The molecule has 1 unspecified atom stereocenters. The zero-order valence-corrected chi connectivity index (χ0v) is 7.62. The molecule has 0 radical (unpaired) electrons. The van der Waals surface area contributed by atoms with Gasteiger partial charge in [-0.05, 0) is 13.0 Å². The Labute approximate surface area is 75.9 Å². The fourth-order valence-corrected chi connectivity index (χ4v) is 1.19. The van der Waals surface area contributed by atoms with Crippen LogP contribution in [0.4, 0.5) is 0 Å². The standard InChI is InChI=1S/C7H12ClN3O/c1-11-7(8)5(4-10-11)6(12)2-3-9/h4,6,12H,2-3,9H2,1H3. The molecule has 0 amide bonds. The lowest BCUT2D eigenvalue weighted by Crippen LogP contribution is -2.06. The number of hydrogen-bond acceptors (Lipinski definition) is 3. The third kappa shape index (κ3) is 1.77. The maximum atomic E-state index is 9.50. The summed E-state index contributed by atoms with van der Waals surface area (Å²) in [5, 5.41) is 13.9. The van der Waals surface area contributed by atoms with E-state index in [1.807, 2.05) is 0 Å². The second kappa shape index (κ2) is 3.89. The summed E-state index contributed by atoms with van der Waals surface area (Å²) in [6.45, 7) is 0.437. The minimum absolute atomic E-state index is 0.437. The lowest BCUT2D eigenvalue weighted by molar-refractivity contribution is 0.170. The molecule has 0 saturated carbocycles. The molecule has 1 aromatic heterocycles. The zero-order chi connectivity index (χ0) is 9.14. The highest BCUT2D eigenvalue weighted by molar-refractivity contribution is 6.30. The van der Waals surface area contributed by atoms with Crippen molar-refractivity contribution in [2.45, 2.75) is 12.5 Å². The highest BCUT2D eigenvalue weighted by Gasteiger charge is 2.13. The second-order valence-electron chi connectivity index (χ2n) is 2.61. The second-order valence-corrected chi connectivity index (χ2v) is 2.97. The van der Waals surface area contributed by atoms with Crippen molar-refractivity contribution in [1.29, 1.82) is 0 Å². The molecule has 12 heavy (non-hydrogen) atoms. The van der Waals surface area contributed by atoms with E-state index in [1.54, 1.807) is 13.2 Å². The number of nitrogens with zero attached hydrogens (tertiary/aromatic N) is 2. The predicted octanol–water partition coefficient (Wildman–Crippen LogP) is 0.456. The summed E-state index contributed by atoms with van der Waals surface area (Å²) in [7, 11) is 1.72. The molecule has 0 fully saturated rings. The molecule has 0 aromatic carbocycles. The quantitative estimate of drug-likeness (QED) is 0.726. The molecule has 4 nitrogen and oxygen atoms in total. The average molecular weight is 190 g/mol. The van der Waals surface area contributed by atoms with Crippen LogP contribution >= 0.6 is 11.6 Å². The lowest BCUT2D eigenvalue weighted by atomic mass is 10.1. The molecule has 68 valence electrons. The van der Waals surface area contributed by atoms with Crippen molar-refractivity contribution < 1.29 is 5.11 Å². The van der Waals surface area contributed by atoms with Crippen LogP contribution in [0.2, 0.25) is 5.15 Å². The van der Waals surface area contributed by atoms with E-state index in [2.05, 4.69) is 5.10 Å². The molecule has 0 aliphatic carbocycles. The molecule has 0 spiro atoms. The molecule has 0 saturated heterocycles. The molecule has 1 heterocycles. The molecule has 5 heteroatoms. The fourth-order valence-electron chi connectivity index (χ4n) is 0.976. The van der Waals surface area contributed by atoms with Gasteiger partial charge in [0.25, 0.3) is 0 Å². The Morgan fingerprint density at radius 1 is 1.83 bits per heavy atom. The summed E-state index contributed by atoms with van der Waals surface area (Å²) >= 11 is 5.84. The minimum atomic E-state index is -0.601. The molecule has 0 aliphatic heterocycles. The Balaban J connectivity index is 2.80. The van der Waals surface area contributed by atoms with Gasteiger partial charge in [0, 0.05) is 12.6 Å². The number of hydrogen-bond donors (Lipinski definition) is 2. The minimum Gasteiger partial charge on any atom is -0.388 e. The largest absolute Gasteiger partial charge is 0.388 e. The number of aliphatic hydroxyl groups is 1.